The maximum Gasteiger partial charge on any atom is 0.220 e. The lowest BCUT2D eigenvalue weighted by Crippen LogP contribution is -2.36. The molecule has 0 aliphatic heterocycles. The van der Waals surface area contributed by atoms with Crippen LogP contribution in [0.25, 0.3) is 0 Å². The van der Waals surface area contributed by atoms with Crippen LogP contribution in [0.2, 0.25) is 0 Å². The maximum atomic E-state index is 11.7. The molecule has 0 bridgehead atoms. The molecule has 0 saturated heterocycles. The van der Waals surface area contributed by atoms with Crippen LogP contribution in [0.3, 0.4) is 0 Å². The minimum atomic E-state index is 0.137. The van der Waals surface area contributed by atoms with Crippen molar-refractivity contribution in [2.24, 2.45) is 11.7 Å². The fourth-order valence-electron chi connectivity index (χ4n) is 2.55. The number of amides is 1. The summed E-state index contributed by atoms with van der Waals surface area (Å²) >= 11 is 0. The molecule has 0 spiro atoms. The van der Waals surface area contributed by atoms with Crippen molar-refractivity contribution in [2.75, 3.05) is 6.54 Å². The second-order valence-electron chi connectivity index (χ2n) is 5.14. The molecule has 1 saturated carbocycles. The molecule has 3 nitrogen and oxygen atoms in total. The molecule has 3 N–H and O–H groups in total. The molecule has 3 heteroatoms. The largest absolute Gasteiger partial charge is 0.356 e. The lowest BCUT2D eigenvalue weighted by atomic mass is 10.0. The average molecular weight is 246 g/mol. The average Bonchev–Trinajstić information content (AvgIpc) is 2.81. The van der Waals surface area contributed by atoms with Gasteiger partial charge in [0.1, 0.15) is 0 Å². The predicted octanol–water partition coefficient (Wildman–Crippen LogP) is 1.86. The Morgan fingerprint density at radius 3 is 2.72 bits per heavy atom. The highest BCUT2D eigenvalue weighted by molar-refractivity contribution is 5.76. The van der Waals surface area contributed by atoms with E-state index >= 15 is 0 Å². The first-order valence-electron chi connectivity index (χ1n) is 6.82. The number of carbonyl (C=O) groups is 1. The summed E-state index contributed by atoms with van der Waals surface area (Å²) in [5, 5.41) is 3.01. The number of hydrogen-bond acceptors (Lipinski definition) is 2. The normalized spacial score (nSPS) is 22.9. The van der Waals surface area contributed by atoms with Crippen LogP contribution < -0.4 is 11.1 Å². The standard InChI is InChI=1S/C15H22N2O/c16-14-8-4-7-13(14)11-17-15(18)10-9-12-5-2-1-3-6-12/h1-3,5-6,13-14H,4,7-11,16H2,(H,17,18). The molecule has 2 rings (SSSR count). The van der Waals surface area contributed by atoms with Gasteiger partial charge in [0, 0.05) is 19.0 Å². The minimum Gasteiger partial charge on any atom is -0.356 e. The zero-order valence-electron chi connectivity index (χ0n) is 10.8. The lowest BCUT2D eigenvalue weighted by Gasteiger charge is -2.15. The van der Waals surface area contributed by atoms with Gasteiger partial charge < -0.3 is 11.1 Å². The van der Waals surface area contributed by atoms with Crippen LogP contribution in [0.1, 0.15) is 31.2 Å². The summed E-state index contributed by atoms with van der Waals surface area (Å²) in [5.74, 6) is 0.614. The molecular formula is C15H22N2O. The highest BCUT2D eigenvalue weighted by Crippen LogP contribution is 2.22. The molecule has 2 unspecified atom stereocenters. The zero-order valence-corrected chi connectivity index (χ0v) is 10.8. The number of rotatable bonds is 5. The van der Waals surface area contributed by atoms with Gasteiger partial charge in [-0.3, -0.25) is 4.79 Å². The highest BCUT2D eigenvalue weighted by Gasteiger charge is 2.23. The van der Waals surface area contributed by atoms with Gasteiger partial charge in [0.05, 0.1) is 0 Å². The molecule has 1 amide bonds. The van der Waals surface area contributed by atoms with Gasteiger partial charge in [0.25, 0.3) is 0 Å². The van der Waals surface area contributed by atoms with E-state index in [1.54, 1.807) is 0 Å². The Kier molecular flexibility index (Phi) is 4.76. The van der Waals surface area contributed by atoms with Gasteiger partial charge in [-0.05, 0) is 30.7 Å². The molecule has 0 aromatic heterocycles. The van der Waals surface area contributed by atoms with Crippen molar-refractivity contribution in [1.29, 1.82) is 0 Å². The Bertz CT molecular complexity index is 377. The molecule has 1 aromatic carbocycles. The monoisotopic (exact) mass is 246 g/mol. The van der Waals surface area contributed by atoms with Gasteiger partial charge >= 0.3 is 0 Å². The first-order chi connectivity index (χ1) is 8.75. The van der Waals surface area contributed by atoms with Crippen LogP contribution in [0.15, 0.2) is 30.3 Å². The molecule has 0 heterocycles. The van der Waals surface area contributed by atoms with Gasteiger partial charge in [0.2, 0.25) is 5.91 Å². The number of benzene rings is 1. The summed E-state index contributed by atoms with van der Waals surface area (Å²) in [6.07, 6.45) is 4.83. The molecule has 1 aromatic rings. The Morgan fingerprint density at radius 1 is 1.28 bits per heavy atom. The fraction of sp³-hybridized carbons (Fsp3) is 0.533. The molecule has 1 aliphatic rings. The van der Waals surface area contributed by atoms with E-state index in [2.05, 4.69) is 17.4 Å². The quantitative estimate of drug-likeness (QED) is 0.833. The summed E-state index contributed by atoms with van der Waals surface area (Å²) in [6, 6.07) is 10.4. The Labute approximate surface area is 109 Å². The van der Waals surface area contributed by atoms with E-state index in [-0.39, 0.29) is 11.9 Å². The molecule has 2 atom stereocenters. The Hall–Kier alpha value is -1.35. The van der Waals surface area contributed by atoms with Crippen molar-refractivity contribution >= 4 is 5.91 Å². The van der Waals surface area contributed by atoms with E-state index in [9.17, 15) is 4.79 Å². The van der Waals surface area contributed by atoms with E-state index in [1.807, 2.05) is 18.2 Å². The van der Waals surface area contributed by atoms with Gasteiger partial charge in [0.15, 0.2) is 0 Å². The lowest BCUT2D eigenvalue weighted by molar-refractivity contribution is -0.121. The summed E-state index contributed by atoms with van der Waals surface area (Å²) in [7, 11) is 0. The topological polar surface area (TPSA) is 55.1 Å². The smallest absolute Gasteiger partial charge is 0.220 e. The molecule has 98 valence electrons. The molecule has 0 radical (unpaired) electrons. The minimum absolute atomic E-state index is 0.137. The first kappa shape index (κ1) is 13.1. The Morgan fingerprint density at radius 2 is 2.06 bits per heavy atom. The van der Waals surface area contributed by atoms with Crippen molar-refractivity contribution in [3.05, 3.63) is 35.9 Å². The fourth-order valence-corrected chi connectivity index (χ4v) is 2.55. The third-order valence-corrected chi connectivity index (χ3v) is 3.76. The van der Waals surface area contributed by atoms with E-state index in [4.69, 9.17) is 5.73 Å². The van der Waals surface area contributed by atoms with Crippen molar-refractivity contribution in [3.8, 4) is 0 Å². The first-order valence-corrected chi connectivity index (χ1v) is 6.82. The number of nitrogens with one attached hydrogen (secondary N) is 1. The van der Waals surface area contributed by atoms with E-state index in [1.165, 1.54) is 12.0 Å². The van der Waals surface area contributed by atoms with Crippen LogP contribution in [-0.2, 0) is 11.2 Å². The van der Waals surface area contributed by atoms with Crippen LogP contribution in [0, 0.1) is 5.92 Å². The van der Waals surface area contributed by atoms with Crippen LogP contribution in [0.5, 0.6) is 0 Å². The molecule has 18 heavy (non-hydrogen) atoms. The van der Waals surface area contributed by atoms with E-state index < -0.39 is 0 Å². The van der Waals surface area contributed by atoms with Gasteiger partial charge in [-0.25, -0.2) is 0 Å². The zero-order chi connectivity index (χ0) is 12.8. The summed E-state index contributed by atoms with van der Waals surface area (Å²) < 4.78 is 0. The van der Waals surface area contributed by atoms with Crippen molar-refractivity contribution in [3.63, 3.8) is 0 Å². The van der Waals surface area contributed by atoms with E-state index in [0.717, 1.165) is 25.8 Å². The SMILES string of the molecule is NC1CCCC1CNC(=O)CCc1ccccc1. The van der Waals surface area contributed by atoms with Crippen LogP contribution in [-0.4, -0.2) is 18.5 Å². The van der Waals surface area contributed by atoms with E-state index in [0.29, 0.717) is 12.3 Å². The Balaban J connectivity index is 1.66. The van der Waals surface area contributed by atoms with Crippen LogP contribution >= 0.6 is 0 Å². The highest BCUT2D eigenvalue weighted by atomic mass is 16.1. The van der Waals surface area contributed by atoms with Gasteiger partial charge in [-0.2, -0.15) is 0 Å². The molecule has 1 fully saturated rings. The maximum absolute atomic E-state index is 11.7. The number of nitrogens with two attached hydrogens (primary N) is 1. The third kappa shape index (κ3) is 3.84. The second kappa shape index (κ2) is 6.55. The predicted molar refractivity (Wildman–Crippen MR) is 73.1 cm³/mol. The number of hydrogen-bond donors (Lipinski definition) is 2. The van der Waals surface area contributed by atoms with Crippen LogP contribution in [0.4, 0.5) is 0 Å². The van der Waals surface area contributed by atoms with Gasteiger partial charge in [-0.15, -0.1) is 0 Å². The van der Waals surface area contributed by atoms with Crippen molar-refractivity contribution in [1.82, 2.24) is 5.32 Å². The van der Waals surface area contributed by atoms with Crippen molar-refractivity contribution < 1.29 is 4.79 Å². The summed E-state index contributed by atoms with van der Waals surface area (Å²) in [6.45, 7) is 0.745. The third-order valence-electron chi connectivity index (χ3n) is 3.76. The summed E-state index contributed by atoms with van der Waals surface area (Å²) in [4.78, 5) is 11.7. The second-order valence-corrected chi connectivity index (χ2v) is 5.14. The summed E-state index contributed by atoms with van der Waals surface area (Å²) in [5.41, 5.74) is 7.19. The molecular weight excluding hydrogens is 224 g/mol. The number of carbonyl (C=O) groups excluding carboxylic acids is 1. The van der Waals surface area contributed by atoms with Gasteiger partial charge in [-0.1, -0.05) is 36.8 Å². The molecule has 1 aliphatic carbocycles. The number of aryl methyl sites for hydroxylation is 1. The van der Waals surface area contributed by atoms with Crippen molar-refractivity contribution in [2.45, 2.75) is 38.1 Å².